The number of hydrogen-bond donors (Lipinski definition) is 2. The zero-order valence-electron chi connectivity index (χ0n) is 12.8. The second-order valence-corrected chi connectivity index (χ2v) is 4.74. The van der Waals surface area contributed by atoms with Crippen LogP contribution in [0, 0.1) is 0 Å². The van der Waals surface area contributed by atoms with Crippen molar-refractivity contribution in [1.82, 2.24) is 15.5 Å². The number of benzene rings is 1. The smallest absolute Gasteiger partial charge is 0.321 e. The predicted octanol–water partition coefficient (Wildman–Crippen LogP) is 1.02. The third-order valence-electron chi connectivity index (χ3n) is 3.16. The van der Waals surface area contributed by atoms with Gasteiger partial charge in [0, 0.05) is 26.6 Å². The van der Waals surface area contributed by atoms with Crippen LogP contribution in [0.25, 0.3) is 0 Å². The van der Waals surface area contributed by atoms with Crippen LogP contribution in [0.3, 0.4) is 0 Å². The van der Waals surface area contributed by atoms with E-state index in [0.717, 1.165) is 24.3 Å². The van der Waals surface area contributed by atoms with E-state index < -0.39 is 6.03 Å². The molecule has 0 fully saturated rings. The van der Waals surface area contributed by atoms with Crippen LogP contribution in [-0.2, 0) is 11.2 Å². The minimum Gasteiger partial charge on any atom is -0.496 e. The van der Waals surface area contributed by atoms with E-state index in [-0.39, 0.29) is 12.3 Å². The molecule has 0 aliphatic carbocycles. The number of carbonyl (C=O) groups is 2. The fourth-order valence-electron chi connectivity index (χ4n) is 1.88. The summed E-state index contributed by atoms with van der Waals surface area (Å²) < 4.78 is 5.30. The lowest BCUT2D eigenvalue weighted by atomic mass is 10.1. The number of methoxy groups -OCH3 is 1. The summed E-state index contributed by atoms with van der Waals surface area (Å²) in [5.74, 6) is 0.599. The van der Waals surface area contributed by atoms with Crippen LogP contribution in [0.1, 0.15) is 12.0 Å². The normalized spacial score (nSPS) is 10.3. The van der Waals surface area contributed by atoms with Crippen LogP contribution in [-0.4, -0.2) is 51.1 Å². The van der Waals surface area contributed by atoms with Crippen molar-refractivity contribution in [3.63, 3.8) is 0 Å². The quantitative estimate of drug-likeness (QED) is 0.787. The molecule has 0 heterocycles. The van der Waals surface area contributed by atoms with Crippen molar-refractivity contribution in [1.29, 1.82) is 0 Å². The minimum absolute atomic E-state index is 0.279. The summed E-state index contributed by atoms with van der Waals surface area (Å²) in [6.07, 6.45) is 1.13. The number of para-hydroxylation sites is 1. The molecule has 0 saturated heterocycles. The molecule has 0 spiro atoms. The van der Waals surface area contributed by atoms with Crippen molar-refractivity contribution in [2.24, 2.45) is 0 Å². The SMILES string of the molecule is CNC(=O)NC(=O)CCN(C)CCc1ccccc1OC. The summed E-state index contributed by atoms with van der Waals surface area (Å²) in [6.45, 7) is 1.41. The molecular weight excluding hydrogens is 270 g/mol. The molecule has 116 valence electrons. The summed E-state index contributed by atoms with van der Waals surface area (Å²) >= 11 is 0. The lowest BCUT2D eigenvalue weighted by Gasteiger charge is -2.17. The van der Waals surface area contributed by atoms with Crippen molar-refractivity contribution < 1.29 is 14.3 Å². The monoisotopic (exact) mass is 293 g/mol. The van der Waals surface area contributed by atoms with E-state index in [4.69, 9.17) is 4.74 Å². The van der Waals surface area contributed by atoms with Crippen molar-refractivity contribution >= 4 is 11.9 Å². The van der Waals surface area contributed by atoms with E-state index in [0.29, 0.717) is 6.54 Å². The Morgan fingerprint density at radius 2 is 1.95 bits per heavy atom. The lowest BCUT2D eigenvalue weighted by Crippen LogP contribution is -2.38. The number of ether oxygens (including phenoxy) is 1. The van der Waals surface area contributed by atoms with Crippen LogP contribution in [0.5, 0.6) is 5.75 Å². The number of rotatable bonds is 7. The fourth-order valence-corrected chi connectivity index (χ4v) is 1.88. The average Bonchev–Trinajstić information content (AvgIpc) is 2.50. The Balaban J connectivity index is 2.32. The molecule has 0 radical (unpaired) electrons. The number of nitrogens with one attached hydrogen (secondary N) is 2. The van der Waals surface area contributed by atoms with Gasteiger partial charge in [-0.15, -0.1) is 0 Å². The molecule has 0 aliphatic heterocycles. The standard InChI is InChI=1S/C15H23N3O3/c1-16-15(20)17-14(19)9-11-18(2)10-8-12-6-4-5-7-13(12)21-3/h4-7H,8-11H2,1-3H3,(H2,16,17,19,20). The van der Waals surface area contributed by atoms with Crippen LogP contribution in [0.4, 0.5) is 4.79 Å². The van der Waals surface area contributed by atoms with Gasteiger partial charge < -0.3 is 15.0 Å². The fraction of sp³-hybridized carbons (Fsp3) is 0.467. The van der Waals surface area contributed by atoms with Gasteiger partial charge in [-0.05, 0) is 25.1 Å². The Kier molecular flexibility index (Phi) is 7.25. The van der Waals surface area contributed by atoms with Crippen LogP contribution in [0.2, 0.25) is 0 Å². The zero-order chi connectivity index (χ0) is 15.7. The molecule has 1 aromatic rings. The van der Waals surface area contributed by atoms with Crippen LogP contribution in [0.15, 0.2) is 24.3 Å². The highest BCUT2D eigenvalue weighted by atomic mass is 16.5. The second-order valence-electron chi connectivity index (χ2n) is 4.74. The maximum Gasteiger partial charge on any atom is 0.321 e. The number of likely N-dealkylation sites (N-methyl/N-ethyl adjacent to an activating group) is 1. The maximum absolute atomic E-state index is 11.5. The van der Waals surface area contributed by atoms with Gasteiger partial charge in [0.25, 0.3) is 0 Å². The second kappa shape index (κ2) is 8.97. The van der Waals surface area contributed by atoms with Gasteiger partial charge in [-0.2, -0.15) is 0 Å². The van der Waals surface area contributed by atoms with Gasteiger partial charge in [0.15, 0.2) is 0 Å². The molecule has 6 nitrogen and oxygen atoms in total. The molecule has 0 atom stereocenters. The summed E-state index contributed by atoms with van der Waals surface area (Å²) in [6, 6.07) is 7.41. The van der Waals surface area contributed by atoms with Crippen molar-refractivity contribution in [3.05, 3.63) is 29.8 Å². The van der Waals surface area contributed by atoms with Crippen molar-refractivity contribution in [3.8, 4) is 5.75 Å². The molecule has 21 heavy (non-hydrogen) atoms. The van der Waals surface area contributed by atoms with E-state index in [1.807, 2.05) is 31.3 Å². The van der Waals surface area contributed by atoms with E-state index in [1.54, 1.807) is 7.11 Å². The Bertz CT molecular complexity index is 477. The predicted molar refractivity (Wildman–Crippen MR) is 81.4 cm³/mol. The first-order valence-electron chi connectivity index (χ1n) is 6.88. The third kappa shape index (κ3) is 6.27. The van der Waals surface area contributed by atoms with Crippen molar-refractivity contribution in [2.45, 2.75) is 12.8 Å². The topological polar surface area (TPSA) is 70.7 Å². The molecule has 0 unspecified atom stereocenters. The van der Waals surface area contributed by atoms with Gasteiger partial charge in [-0.3, -0.25) is 10.1 Å². The number of amides is 3. The molecule has 1 rings (SSSR count). The number of nitrogens with zero attached hydrogens (tertiary/aromatic N) is 1. The molecule has 0 saturated carbocycles. The molecule has 2 N–H and O–H groups in total. The molecule has 1 aromatic carbocycles. The molecule has 0 bridgehead atoms. The highest BCUT2D eigenvalue weighted by molar-refractivity contribution is 5.94. The number of carbonyl (C=O) groups excluding carboxylic acids is 2. The largest absolute Gasteiger partial charge is 0.496 e. The number of urea groups is 1. The summed E-state index contributed by atoms with van der Waals surface area (Å²) in [5.41, 5.74) is 1.14. The summed E-state index contributed by atoms with van der Waals surface area (Å²) in [4.78, 5) is 24.5. The highest BCUT2D eigenvalue weighted by Crippen LogP contribution is 2.17. The molecule has 0 aromatic heterocycles. The Hall–Kier alpha value is -2.08. The molecular formula is C15H23N3O3. The van der Waals surface area contributed by atoms with E-state index in [9.17, 15) is 9.59 Å². The first kappa shape index (κ1) is 17.0. The van der Waals surface area contributed by atoms with Gasteiger partial charge in [0.1, 0.15) is 5.75 Å². The highest BCUT2D eigenvalue weighted by Gasteiger charge is 2.08. The molecule has 3 amide bonds. The molecule has 0 aliphatic rings. The van der Waals surface area contributed by atoms with Crippen molar-refractivity contribution in [2.75, 3.05) is 34.3 Å². The molecule has 6 heteroatoms. The summed E-state index contributed by atoms with van der Waals surface area (Å²) in [7, 11) is 5.08. The van der Waals surface area contributed by atoms with E-state index >= 15 is 0 Å². The minimum atomic E-state index is -0.475. The van der Waals surface area contributed by atoms with Crippen LogP contribution < -0.4 is 15.4 Å². The Morgan fingerprint density at radius 1 is 1.24 bits per heavy atom. The van der Waals surface area contributed by atoms with Gasteiger partial charge in [0.2, 0.25) is 5.91 Å². The van der Waals surface area contributed by atoms with E-state index in [2.05, 4.69) is 15.5 Å². The third-order valence-corrected chi connectivity index (χ3v) is 3.16. The first-order chi connectivity index (χ1) is 10.1. The number of hydrogen-bond acceptors (Lipinski definition) is 4. The number of imide groups is 1. The summed E-state index contributed by atoms with van der Waals surface area (Å²) in [5, 5.41) is 4.59. The first-order valence-corrected chi connectivity index (χ1v) is 6.88. The average molecular weight is 293 g/mol. The maximum atomic E-state index is 11.5. The van der Waals surface area contributed by atoms with E-state index in [1.165, 1.54) is 7.05 Å². The Morgan fingerprint density at radius 3 is 2.62 bits per heavy atom. The Labute approximate surface area is 125 Å². The van der Waals surface area contributed by atoms with Crippen LogP contribution >= 0.6 is 0 Å². The van der Waals surface area contributed by atoms with Gasteiger partial charge in [-0.25, -0.2) is 4.79 Å². The zero-order valence-corrected chi connectivity index (χ0v) is 12.8. The van der Waals surface area contributed by atoms with Gasteiger partial charge >= 0.3 is 6.03 Å². The van der Waals surface area contributed by atoms with Gasteiger partial charge in [-0.1, -0.05) is 18.2 Å². The van der Waals surface area contributed by atoms with Gasteiger partial charge in [0.05, 0.1) is 7.11 Å². The lowest BCUT2D eigenvalue weighted by molar-refractivity contribution is -0.120.